The molecule has 2 N–H and O–H groups in total. The summed E-state index contributed by atoms with van der Waals surface area (Å²) in [4.78, 5) is 10.3. The van der Waals surface area contributed by atoms with Crippen LogP contribution in [0.1, 0.15) is 12.8 Å². The molecular formula is C5H9NO3S. The van der Waals surface area contributed by atoms with Gasteiger partial charge in [-0.05, 0) is 12.8 Å². The molecule has 0 bridgehead atoms. The lowest BCUT2D eigenvalue weighted by atomic mass is 10.3. The van der Waals surface area contributed by atoms with Crippen molar-refractivity contribution in [3.63, 3.8) is 0 Å². The molecule has 0 aromatic heterocycles. The Morgan fingerprint density at radius 2 is 2.30 bits per heavy atom. The van der Waals surface area contributed by atoms with E-state index in [0.717, 1.165) is 0 Å². The molecule has 58 valence electrons. The molecule has 2 unspecified atom stereocenters. The molecule has 1 aliphatic heterocycles. The molecule has 1 heterocycles. The first-order valence-corrected chi connectivity index (χ1v) is 4.81. The van der Waals surface area contributed by atoms with Crippen LogP contribution in [0.4, 0.5) is 0 Å². The Morgan fingerprint density at radius 1 is 1.70 bits per heavy atom. The summed E-state index contributed by atoms with van der Waals surface area (Å²) in [5.41, 5.74) is 0. The topological polar surface area (TPSA) is 78.2 Å². The Morgan fingerprint density at radius 3 is 2.50 bits per heavy atom. The van der Waals surface area contributed by atoms with Gasteiger partial charge < -0.3 is 5.11 Å². The molecule has 0 spiro atoms. The number of hydrogen-bond donors (Lipinski definition) is 2. The Balaban J connectivity index is 2.90. The summed E-state index contributed by atoms with van der Waals surface area (Å²) in [5.74, 6) is -0.832. The number of carbonyl (C=O) groups is 1. The van der Waals surface area contributed by atoms with Gasteiger partial charge in [-0.3, -0.25) is 9.57 Å². The van der Waals surface area contributed by atoms with Crippen molar-refractivity contribution in [1.82, 2.24) is 0 Å². The van der Waals surface area contributed by atoms with Crippen molar-refractivity contribution in [3.05, 3.63) is 0 Å². The van der Waals surface area contributed by atoms with Crippen LogP contribution < -0.4 is 0 Å². The molecule has 0 aromatic carbocycles. The highest BCUT2D eigenvalue weighted by atomic mass is 32.2. The number of aliphatic carboxylic acids is 1. The van der Waals surface area contributed by atoms with Gasteiger partial charge in [-0.2, -0.15) is 0 Å². The molecule has 4 nitrogen and oxygen atoms in total. The number of nitrogens with one attached hydrogen (secondary N) is 1. The summed E-state index contributed by atoms with van der Waals surface area (Å²) in [7, 11) is -2.79. The Kier molecular flexibility index (Phi) is 1.68. The summed E-state index contributed by atoms with van der Waals surface area (Å²) in [5, 5.41) is 7.54. The van der Waals surface area contributed by atoms with E-state index in [-0.39, 0.29) is 5.75 Å². The molecular weight excluding hydrogens is 154 g/mol. The van der Waals surface area contributed by atoms with Gasteiger partial charge in [-0.15, -0.1) is 0 Å². The second-order valence-corrected chi connectivity index (χ2v) is 4.83. The van der Waals surface area contributed by atoms with E-state index in [4.69, 9.17) is 9.89 Å². The normalized spacial score (nSPS) is 39.8. The third-order valence-corrected chi connectivity index (χ3v) is 3.90. The lowest BCUT2D eigenvalue weighted by Gasteiger charge is -2.03. The molecule has 10 heavy (non-hydrogen) atoms. The van der Waals surface area contributed by atoms with E-state index < -0.39 is 20.9 Å². The maximum absolute atomic E-state index is 11.0. The predicted octanol–water partition coefficient (Wildman–Crippen LogP) is 0.280. The summed E-state index contributed by atoms with van der Waals surface area (Å²) in [6.07, 6.45) is 1.01. The van der Waals surface area contributed by atoms with Crippen molar-refractivity contribution in [2.45, 2.75) is 18.1 Å². The van der Waals surface area contributed by atoms with Crippen LogP contribution in [0.15, 0.2) is 0 Å². The van der Waals surface area contributed by atoms with E-state index in [9.17, 15) is 9.00 Å². The maximum Gasteiger partial charge on any atom is 0.320 e. The number of carboxylic acid groups (broad SMARTS) is 1. The van der Waals surface area contributed by atoms with Gasteiger partial charge in [-0.1, -0.05) is 0 Å². The van der Waals surface area contributed by atoms with Crippen molar-refractivity contribution in [3.8, 4) is 0 Å². The average molecular weight is 163 g/mol. The van der Waals surface area contributed by atoms with Gasteiger partial charge in [0.15, 0.2) is 0 Å². The fraction of sp³-hybridized carbons (Fsp3) is 0.800. The number of carboxylic acids is 1. The van der Waals surface area contributed by atoms with Crippen LogP contribution in [0.3, 0.4) is 0 Å². The molecule has 1 saturated heterocycles. The minimum Gasteiger partial charge on any atom is -0.480 e. The van der Waals surface area contributed by atoms with E-state index in [0.29, 0.717) is 12.8 Å². The first-order chi connectivity index (χ1) is 4.54. The standard InChI is InChI=1S/C5H9NO3S/c6-10(9)3-1-2-4(10)5(7)8/h4,6H,1-3H2,(H,7,8). The second-order valence-electron chi connectivity index (χ2n) is 2.40. The molecule has 5 heteroatoms. The van der Waals surface area contributed by atoms with Crippen LogP contribution in [0, 0.1) is 4.78 Å². The monoisotopic (exact) mass is 163 g/mol. The van der Waals surface area contributed by atoms with Crippen molar-refractivity contribution in [2.75, 3.05) is 5.75 Å². The molecule has 0 aromatic rings. The molecule has 1 rings (SSSR count). The SMILES string of the molecule is N=S1(=O)CCCC1C(=O)O. The number of rotatable bonds is 1. The fourth-order valence-corrected chi connectivity index (χ4v) is 2.86. The molecule has 0 radical (unpaired) electrons. The van der Waals surface area contributed by atoms with Gasteiger partial charge in [0.1, 0.15) is 5.25 Å². The van der Waals surface area contributed by atoms with Crippen LogP contribution in [0.2, 0.25) is 0 Å². The van der Waals surface area contributed by atoms with E-state index in [2.05, 4.69) is 0 Å². The molecule has 1 fully saturated rings. The Hall–Kier alpha value is -0.580. The second kappa shape index (κ2) is 2.23. The average Bonchev–Trinajstić information content (AvgIpc) is 2.08. The molecule has 0 aliphatic carbocycles. The van der Waals surface area contributed by atoms with Gasteiger partial charge in [0.25, 0.3) is 0 Å². The van der Waals surface area contributed by atoms with Crippen LogP contribution in [0.5, 0.6) is 0 Å². The first kappa shape index (κ1) is 7.53. The largest absolute Gasteiger partial charge is 0.480 e. The first-order valence-electron chi connectivity index (χ1n) is 3.02. The molecule has 0 amide bonds. The van der Waals surface area contributed by atoms with Crippen LogP contribution in [0.25, 0.3) is 0 Å². The van der Waals surface area contributed by atoms with Gasteiger partial charge in [0.05, 0.1) is 9.73 Å². The van der Waals surface area contributed by atoms with Gasteiger partial charge in [0.2, 0.25) is 0 Å². The zero-order valence-electron chi connectivity index (χ0n) is 5.37. The smallest absolute Gasteiger partial charge is 0.320 e. The third-order valence-electron chi connectivity index (χ3n) is 1.65. The zero-order valence-corrected chi connectivity index (χ0v) is 6.19. The highest BCUT2D eigenvalue weighted by Crippen LogP contribution is 2.20. The summed E-state index contributed by atoms with van der Waals surface area (Å²) >= 11 is 0. The highest BCUT2D eigenvalue weighted by molar-refractivity contribution is 7.94. The third kappa shape index (κ3) is 1.13. The molecule has 2 atom stereocenters. The Labute approximate surface area is 59.2 Å². The molecule has 1 aliphatic rings. The minimum atomic E-state index is -2.79. The van der Waals surface area contributed by atoms with Gasteiger partial charge >= 0.3 is 5.97 Å². The van der Waals surface area contributed by atoms with Crippen molar-refractivity contribution < 1.29 is 14.1 Å². The summed E-state index contributed by atoms with van der Waals surface area (Å²) in [6.45, 7) is 0. The van der Waals surface area contributed by atoms with Crippen molar-refractivity contribution in [2.24, 2.45) is 0 Å². The summed E-state index contributed by atoms with van der Waals surface area (Å²) < 4.78 is 18.2. The van der Waals surface area contributed by atoms with E-state index >= 15 is 0 Å². The quantitative estimate of drug-likeness (QED) is 0.582. The van der Waals surface area contributed by atoms with Crippen LogP contribution >= 0.6 is 0 Å². The van der Waals surface area contributed by atoms with Gasteiger partial charge in [0, 0.05) is 5.75 Å². The molecule has 0 saturated carbocycles. The maximum atomic E-state index is 11.0. The zero-order chi connectivity index (χ0) is 7.78. The predicted molar refractivity (Wildman–Crippen MR) is 36.4 cm³/mol. The lowest BCUT2D eigenvalue weighted by Crippen LogP contribution is -2.24. The van der Waals surface area contributed by atoms with Crippen LogP contribution in [-0.2, 0) is 14.5 Å². The van der Waals surface area contributed by atoms with Gasteiger partial charge in [-0.25, -0.2) is 4.21 Å². The van der Waals surface area contributed by atoms with E-state index in [1.165, 1.54) is 0 Å². The van der Waals surface area contributed by atoms with Crippen molar-refractivity contribution >= 4 is 15.7 Å². The summed E-state index contributed by atoms with van der Waals surface area (Å²) in [6, 6.07) is 0. The number of hydrogen-bond acceptors (Lipinski definition) is 3. The Bertz CT molecular complexity index is 244. The van der Waals surface area contributed by atoms with Crippen LogP contribution in [-0.4, -0.2) is 26.3 Å². The highest BCUT2D eigenvalue weighted by Gasteiger charge is 2.33. The lowest BCUT2D eigenvalue weighted by molar-refractivity contribution is -0.136. The fourth-order valence-electron chi connectivity index (χ4n) is 1.10. The minimum absolute atomic E-state index is 0.254. The van der Waals surface area contributed by atoms with E-state index in [1.54, 1.807) is 0 Å². The van der Waals surface area contributed by atoms with E-state index in [1.807, 2.05) is 0 Å². The van der Waals surface area contributed by atoms with Crippen molar-refractivity contribution in [1.29, 1.82) is 4.78 Å².